The zero-order valence-electron chi connectivity index (χ0n) is 10.4. The van der Waals surface area contributed by atoms with E-state index in [1.165, 1.54) is 12.1 Å². The van der Waals surface area contributed by atoms with Crippen molar-refractivity contribution >= 4 is 16.9 Å². The van der Waals surface area contributed by atoms with E-state index in [0.717, 1.165) is 23.9 Å². The van der Waals surface area contributed by atoms with Gasteiger partial charge in [0, 0.05) is 11.5 Å². The average molecular weight is 248 g/mol. The van der Waals surface area contributed by atoms with Crippen molar-refractivity contribution in [2.45, 2.75) is 26.7 Å². The fourth-order valence-corrected chi connectivity index (χ4v) is 1.89. The molecule has 1 aromatic heterocycles. The van der Waals surface area contributed by atoms with Crippen LogP contribution in [-0.4, -0.2) is 26.4 Å². The van der Waals surface area contributed by atoms with E-state index in [2.05, 4.69) is 24.0 Å². The molecule has 0 aliphatic heterocycles. The largest absolute Gasteiger partial charge is 0.507 e. The van der Waals surface area contributed by atoms with Crippen LogP contribution in [-0.2, 0) is 6.42 Å². The molecule has 0 spiro atoms. The number of aromatic amines is 1. The highest BCUT2D eigenvalue weighted by atomic mass is 16.4. The molecule has 1 aromatic carbocycles. The maximum Gasteiger partial charge on any atom is 0.339 e. The van der Waals surface area contributed by atoms with Crippen molar-refractivity contribution in [3.63, 3.8) is 0 Å². The van der Waals surface area contributed by atoms with Crippen LogP contribution < -0.4 is 0 Å². The second-order valence-electron chi connectivity index (χ2n) is 4.82. The Balaban J connectivity index is 2.44. The molecule has 5 nitrogen and oxygen atoms in total. The van der Waals surface area contributed by atoms with Gasteiger partial charge in [0.1, 0.15) is 11.3 Å². The Kier molecular flexibility index (Phi) is 3.23. The number of benzene rings is 1. The Bertz CT molecular complexity index is 587. The van der Waals surface area contributed by atoms with E-state index in [9.17, 15) is 9.90 Å². The summed E-state index contributed by atoms with van der Waals surface area (Å²) < 4.78 is 0. The van der Waals surface area contributed by atoms with Crippen molar-refractivity contribution in [2.75, 3.05) is 0 Å². The number of hydrogen-bond donors (Lipinski definition) is 3. The molecule has 0 bridgehead atoms. The van der Waals surface area contributed by atoms with Gasteiger partial charge in [0.15, 0.2) is 0 Å². The van der Waals surface area contributed by atoms with Crippen molar-refractivity contribution in [3.8, 4) is 5.75 Å². The van der Waals surface area contributed by atoms with E-state index in [1.807, 2.05) is 0 Å². The van der Waals surface area contributed by atoms with Gasteiger partial charge in [-0.1, -0.05) is 13.8 Å². The molecule has 96 valence electrons. The third-order valence-corrected chi connectivity index (χ3v) is 2.95. The molecule has 0 aliphatic carbocycles. The van der Waals surface area contributed by atoms with Crippen LogP contribution in [0.15, 0.2) is 12.1 Å². The van der Waals surface area contributed by atoms with Gasteiger partial charge in [0.2, 0.25) is 0 Å². The van der Waals surface area contributed by atoms with Crippen LogP contribution in [0.4, 0.5) is 0 Å². The van der Waals surface area contributed by atoms with Crippen LogP contribution in [0, 0.1) is 5.92 Å². The van der Waals surface area contributed by atoms with Crippen LogP contribution in [0.2, 0.25) is 0 Å². The Morgan fingerprint density at radius 2 is 2.17 bits per heavy atom. The number of rotatable bonds is 4. The van der Waals surface area contributed by atoms with E-state index < -0.39 is 5.97 Å². The molecule has 0 fully saturated rings. The summed E-state index contributed by atoms with van der Waals surface area (Å²) in [6.07, 6.45) is 1.78. The molecule has 0 aliphatic rings. The minimum Gasteiger partial charge on any atom is -0.507 e. The molecule has 0 unspecified atom stereocenters. The topological polar surface area (TPSA) is 86.2 Å². The molecule has 2 aromatic rings. The highest BCUT2D eigenvalue weighted by molar-refractivity contribution is 5.97. The molecule has 1 heterocycles. The minimum absolute atomic E-state index is 0.0882. The van der Waals surface area contributed by atoms with E-state index in [-0.39, 0.29) is 11.3 Å². The van der Waals surface area contributed by atoms with Gasteiger partial charge < -0.3 is 10.2 Å². The lowest BCUT2D eigenvalue weighted by molar-refractivity contribution is 0.0694. The smallest absolute Gasteiger partial charge is 0.339 e. The van der Waals surface area contributed by atoms with E-state index in [4.69, 9.17) is 5.11 Å². The molecule has 3 N–H and O–H groups in total. The number of nitrogens with zero attached hydrogens (tertiary/aromatic N) is 1. The Morgan fingerprint density at radius 3 is 2.78 bits per heavy atom. The van der Waals surface area contributed by atoms with Crippen molar-refractivity contribution in [2.24, 2.45) is 5.92 Å². The Hall–Kier alpha value is -2.04. The second-order valence-corrected chi connectivity index (χ2v) is 4.82. The summed E-state index contributed by atoms with van der Waals surface area (Å²) in [5.74, 6) is -0.813. The summed E-state index contributed by atoms with van der Waals surface area (Å²) in [5.41, 5.74) is 1.42. The first-order valence-electron chi connectivity index (χ1n) is 5.92. The lowest BCUT2D eigenvalue weighted by atomic mass is 10.0. The van der Waals surface area contributed by atoms with Crippen molar-refractivity contribution in [1.29, 1.82) is 0 Å². The summed E-state index contributed by atoms with van der Waals surface area (Å²) in [5, 5.41) is 26.3. The molecule has 2 rings (SSSR count). The molecule has 0 atom stereocenters. The quantitative estimate of drug-likeness (QED) is 0.776. The van der Waals surface area contributed by atoms with Crippen LogP contribution in [0.3, 0.4) is 0 Å². The fraction of sp³-hybridized carbons (Fsp3) is 0.385. The van der Waals surface area contributed by atoms with E-state index >= 15 is 0 Å². The summed E-state index contributed by atoms with van der Waals surface area (Å²) in [7, 11) is 0. The number of aryl methyl sites for hydroxylation is 1. The van der Waals surface area contributed by atoms with Gasteiger partial charge in [-0.05, 0) is 24.8 Å². The second kappa shape index (κ2) is 4.68. The number of fused-ring (bicyclic) bond motifs is 1. The van der Waals surface area contributed by atoms with Crippen molar-refractivity contribution < 1.29 is 15.0 Å². The number of carbonyl (C=O) groups is 1. The van der Waals surface area contributed by atoms with Crippen molar-refractivity contribution in [1.82, 2.24) is 10.2 Å². The summed E-state index contributed by atoms with van der Waals surface area (Å²) in [4.78, 5) is 11.0. The zero-order valence-corrected chi connectivity index (χ0v) is 10.4. The number of aromatic carboxylic acids is 1. The molecular formula is C13H16N2O3. The van der Waals surface area contributed by atoms with Gasteiger partial charge in [-0.25, -0.2) is 4.79 Å². The molecule has 5 heteroatoms. The van der Waals surface area contributed by atoms with Gasteiger partial charge in [0.25, 0.3) is 0 Å². The fourth-order valence-electron chi connectivity index (χ4n) is 1.89. The third kappa shape index (κ3) is 2.30. The first kappa shape index (κ1) is 12.4. The predicted octanol–water partition coefficient (Wildman–Crippen LogP) is 2.56. The highest BCUT2D eigenvalue weighted by Crippen LogP contribution is 2.26. The zero-order chi connectivity index (χ0) is 13.3. The Labute approximate surface area is 104 Å². The lowest BCUT2D eigenvalue weighted by Crippen LogP contribution is -1.97. The first-order chi connectivity index (χ1) is 8.49. The normalized spacial score (nSPS) is 11.3. The number of aromatic nitrogens is 2. The van der Waals surface area contributed by atoms with Gasteiger partial charge in [-0.2, -0.15) is 5.10 Å². The number of carboxylic acid groups (broad SMARTS) is 1. The molecule has 18 heavy (non-hydrogen) atoms. The number of hydrogen-bond acceptors (Lipinski definition) is 3. The number of carboxylic acids is 1. The van der Waals surface area contributed by atoms with Gasteiger partial charge in [-0.3, -0.25) is 5.10 Å². The number of H-pyrrole nitrogens is 1. The number of aromatic hydroxyl groups is 1. The minimum atomic E-state index is -1.13. The summed E-state index contributed by atoms with van der Waals surface area (Å²) in [6.45, 7) is 4.26. The predicted molar refractivity (Wildman–Crippen MR) is 67.9 cm³/mol. The SMILES string of the molecule is CC(C)CCc1n[nH]c2cc(O)c(C(=O)O)cc12. The maximum atomic E-state index is 11.0. The summed E-state index contributed by atoms with van der Waals surface area (Å²) in [6, 6.07) is 2.89. The van der Waals surface area contributed by atoms with Gasteiger partial charge >= 0.3 is 5.97 Å². The maximum absolute atomic E-state index is 11.0. The molecule has 0 amide bonds. The van der Waals surface area contributed by atoms with E-state index in [1.54, 1.807) is 0 Å². The first-order valence-corrected chi connectivity index (χ1v) is 5.92. The lowest BCUT2D eigenvalue weighted by Gasteiger charge is -2.03. The molecule has 0 saturated carbocycles. The van der Waals surface area contributed by atoms with Crippen LogP contribution in [0.25, 0.3) is 10.9 Å². The monoisotopic (exact) mass is 248 g/mol. The van der Waals surface area contributed by atoms with Crippen LogP contribution in [0.5, 0.6) is 5.75 Å². The van der Waals surface area contributed by atoms with Crippen molar-refractivity contribution in [3.05, 3.63) is 23.4 Å². The standard InChI is InChI=1S/C13H16N2O3/c1-7(2)3-4-10-8-5-9(13(17)18)12(16)6-11(8)15-14-10/h5-7,16H,3-4H2,1-2H3,(H,14,15)(H,17,18). The van der Waals surface area contributed by atoms with Crippen LogP contribution >= 0.6 is 0 Å². The average Bonchev–Trinajstić information content (AvgIpc) is 2.67. The van der Waals surface area contributed by atoms with Crippen LogP contribution in [0.1, 0.15) is 36.3 Å². The number of nitrogens with one attached hydrogen (secondary N) is 1. The molecular weight excluding hydrogens is 232 g/mol. The third-order valence-electron chi connectivity index (χ3n) is 2.95. The summed E-state index contributed by atoms with van der Waals surface area (Å²) >= 11 is 0. The van der Waals surface area contributed by atoms with Gasteiger partial charge in [0.05, 0.1) is 11.2 Å². The Morgan fingerprint density at radius 1 is 1.44 bits per heavy atom. The number of phenols is 1. The molecule has 0 saturated heterocycles. The highest BCUT2D eigenvalue weighted by Gasteiger charge is 2.14. The van der Waals surface area contributed by atoms with Gasteiger partial charge in [-0.15, -0.1) is 0 Å². The molecule has 0 radical (unpaired) electrons. The van der Waals surface area contributed by atoms with E-state index in [0.29, 0.717) is 11.4 Å².